The molecule has 0 atom stereocenters. The van der Waals surface area contributed by atoms with E-state index in [4.69, 9.17) is 0 Å². The van der Waals surface area contributed by atoms with Gasteiger partial charge in [0.25, 0.3) is 5.56 Å². The van der Waals surface area contributed by atoms with Crippen molar-refractivity contribution in [3.05, 3.63) is 74.6 Å². The van der Waals surface area contributed by atoms with Gasteiger partial charge in [-0.25, -0.2) is 22.4 Å². The zero-order valence-electron chi connectivity index (χ0n) is 15.4. The standard InChI is InChI=1S/C21H11F6NO3/c22-11-10(21-4-7(5-21)6-21)2-1-8-3-9(19(29)28-17(8)11)20(30)31-18-15(26)13(24)12(23)14(25)16(18)27/h1-3,7H,4-6H2,(H,28,29). The number of aromatic nitrogens is 1. The second-order valence-electron chi connectivity index (χ2n) is 7.95. The number of esters is 1. The van der Waals surface area contributed by atoms with E-state index in [0.717, 1.165) is 25.3 Å². The Bertz CT molecular complexity index is 1320. The lowest BCUT2D eigenvalue weighted by Gasteiger charge is -2.62. The van der Waals surface area contributed by atoms with Gasteiger partial charge >= 0.3 is 5.97 Å². The van der Waals surface area contributed by atoms with Gasteiger partial charge < -0.3 is 9.72 Å². The number of pyridine rings is 1. The Balaban J connectivity index is 1.54. The molecule has 2 bridgehead atoms. The van der Waals surface area contributed by atoms with E-state index in [1.165, 1.54) is 6.07 Å². The molecule has 2 aromatic carbocycles. The Kier molecular flexibility index (Phi) is 4.03. The van der Waals surface area contributed by atoms with Crippen molar-refractivity contribution in [3.8, 4) is 5.75 Å². The fourth-order valence-corrected chi connectivity index (χ4v) is 4.43. The van der Waals surface area contributed by atoms with E-state index < -0.39 is 57.7 Å². The lowest BCUT2D eigenvalue weighted by atomic mass is 9.42. The van der Waals surface area contributed by atoms with Gasteiger partial charge in [0.2, 0.25) is 34.8 Å². The zero-order valence-corrected chi connectivity index (χ0v) is 15.4. The zero-order chi connectivity index (χ0) is 22.2. The number of aromatic amines is 1. The number of ether oxygens (including phenoxy) is 1. The van der Waals surface area contributed by atoms with Crippen LogP contribution < -0.4 is 10.3 Å². The number of halogens is 6. The Morgan fingerprint density at radius 2 is 1.48 bits per heavy atom. The molecule has 6 rings (SSSR count). The molecule has 3 fully saturated rings. The third-order valence-electron chi connectivity index (χ3n) is 6.15. The normalized spacial score (nSPS) is 21.5. The summed E-state index contributed by atoms with van der Waals surface area (Å²) >= 11 is 0. The molecule has 3 aliphatic rings. The summed E-state index contributed by atoms with van der Waals surface area (Å²) in [7, 11) is 0. The minimum Gasteiger partial charge on any atom is -0.416 e. The van der Waals surface area contributed by atoms with Crippen molar-refractivity contribution in [2.24, 2.45) is 5.92 Å². The number of hydrogen-bond donors (Lipinski definition) is 1. The van der Waals surface area contributed by atoms with Crippen molar-refractivity contribution < 1.29 is 35.9 Å². The first kappa shape index (κ1) is 19.7. The maximum absolute atomic E-state index is 15.0. The predicted octanol–water partition coefficient (Wildman–Crippen LogP) is 4.63. The van der Waals surface area contributed by atoms with Gasteiger partial charge in [0.1, 0.15) is 5.56 Å². The SMILES string of the molecule is O=C(Oc1c(F)c(F)c(F)c(F)c1F)c1cc2ccc(C34CC(C3)C4)c(F)c2[nH]c1=O. The van der Waals surface area contributed by atoms with Crippen LogP contribution in [-0.2, 0) is 5.41 Å². The first-order valence-corrected chi connectivity index (χ1v) is 9.22. The second kappa shape index (κ2) is 6.35. The first-order chi connectivity index (χ1) is 14.6. The number of carbonyl (C=O) groups excluding carboxylic acids is 1. The van der Waals surface area contributed by atoms with Gasteiger partial charge in [-0.1, -0.05) is 12.1 Å². The largest absolute Gasteiger partial charge is 0.416 e. The van der Waals surface area contributed by atoms with Crippen LogP contribution in [0.1, 0.15) is 35.2 Å². The summed E-state index contributed by atoms with van der Waals surface area (Å²) < 4.78 is 86.5. The fraction of sp³-hybridized carbons (Fsp3) is 0.238. The maximum atomic E-state index is 15.0. The number of carbonyl (C=O) groups is 1. The maximum Gasteiger partial charge on any atom is 0.349 e. The van der Waals surface area contributed by atoms with Gasteiger partial charge in [0.05, 0.1) is 5.52 Å². The molecule has 0 radical (unpaired) electrons. The van der Waals surface area contributed by atoms with Gasteiger partial charge in [-0.3, -0.25) is 4.79 Å². The fourth-order valence-electron chi connectivity index (χ4n) is 4.43. The summed E-state index contributed by atoms with van der Waals surface area (Å²) in [5.41, 5.74) is -1.86. The predicted molar refractivity (Wildman–Crippen MR) is 94.7 cm³/mol. The van der Waals surface area contributed by atoms with Gasteiger partial charge in [0, 0.05) is 5.39 Å². The smallest absolute Gasteiger partial charge is 0.349 e. The molecule has 0 spiro atoms. The molecule has 0 amide bonds. The molecule has 1 N–H and O–H groups in total. The van der Waals surface area contributed by atoms with Crippen LogP contribution >= 0.6 is 0 Å². The quantitative estimate of drug-likeness (QED) is 0.213. The van der Waals surface area contributed by atoms with Crippen molar-refractivity contribution in [1.82, 2.24) is 4.98 Å². The Morgan fingerprint density at radius 1 is 0.903 bits per heavy atom. The summed E-state index contributed by atoms with van der Waals surface area (Å²) in [6.45, 7) is 0. The average molecular weight is 439 g/mol. The molecule has 0 saturated heterocycles. The molecule has 3 aromatic rings. The number of rotatable bonds is 3. The summed E-state index contributed by atoms with van der Waals surface area (Å²) in [5, 5.41) is 0.0943. The molecule has 3 saturated carbocycles. The van der Waals surface area contributed by atoms with Crippen LogP contribution in [0.4, 0.5) is 26.3 Å². The number of nitrogens with one attached hydrogen (secondary N) is 1. The van der Waals surface area contributed by atoms with Crippen LogP contribution in [0.15, 0.2) is 23.0 Å². The highest BCUT2D eigenvalue weighted by atomic mass is 19.2. The van der Waals surface area contributed by atoms with Crippen molar-refractivity contribution in [2.45, 2.75) is 24.7 Å². The number of hydrogen-bond acceptors (Lipinski definition) is 3. The van der Waals surface area contributed by atoms with Crippen molar-refractivity contribution in [2.75, 3.05) is 0 Å². The highest BCUT2D eigenvalue weighted by Crippen LogP contribution is 2.65. The molecule has 160 valence electrons. The van der Waals surface area contributed by atoms with E-state index in [-0.39, 0.29) is 16.3 Å². The molecular formula is C21H11F6NO3. The highest BCUT2D eigenvalue weighted by molar-refractivity contribution is 5.95. The van der Waals surface area contributed by atoms with E-state index in [2.05, 4.69) is 9.72 Å². The van der Waals surface area contributed by atoms with Crippen LogP contribution in [0.25, 0.3) is 10.9 Å². The summed E-state index contributed by atoms with van der Waals surface area (Å²) in [6.07, 6.45) is 2.60. The molecule has 0 unspecified atom stereocenters. The summed E-state index contributed by atoms with van der Waals surface area (Å²) in [6, 6.07) is 3.95. The minimum absolute atomic E-state index is 0.0943. The monoisotopic (exact) mass is 439 g/mol. The highest BCUT2D eigenvalue weighted by Gasteiger charge is 2.58. The van der Waals surface area contributed by atoms with Gasteiger partial charge in [-0.2, -0.15) is 8.78 Å². The molecule has 3 aliphatic carbocycles. The second-order valence-corrected chi connectivity index (χ2v) is 7.95. The van der Waals surface area contributed by atoms with Crippen LogP contribution in [0.5, 0.6) is 5.75 Å². The van der Waals surface area contributed by atoms with E-state index in [1.807, 2.05) is 0 Å². The van der Waals surface area contributed by atoms with Crippen LogP contribution in [0.2, 0.25) is 0 Å². The van der Waals surface area contributed by atoms with Crippen LogP contribution in [-0.4, -0.2) is 11.0 Å². The van der Waals surface area contributed by atoms with Crippen molar-refractivity contribution >= 4 is 16.9 Å². The Labute approximate surface area is 169 Å². The molecule has 1 aromatic heterocycles. The summed E-state index contributed by atoms with van der Waals surface area (Å²) in [4.78, 5) is 26.8. The van der Waals surface area contributed by atoms with E-state index in [9.17, 15) is 35.9 Å². The van der Waals surface area contributed by atoms with Crippen molar-refractivity contribution in [1.29, 1.82) is 0 Å². The summed E-state index contributed by atoms with van der Waals surface area (Å²) in [5.74, 6) is -15.3. The van der Waals surface area contributed by atoms with E-state index in [0.29, 0.717) is 11.5 Å². The molecule has 4 nitrogen and oxygen atoms in total. The third-order valence-corrected chi connectivity index (χ3v) is 6.15. The van der Waals surface area contributed by atoms with Gasteiger partial charge in [0.15, 0.2) is 5.82 Å². The van der Waals surface area contributed by atoms with Crippen molar-refractivity contribution in [3.63, 3.8) is 0 Å². The first-order valence-electron chi connectivity index (χ1n) is 9.22. The lowest BCUT2D eigenvalue weighted by Crippen LogP contribution is -2.55. The number of benzene rings is 2. The minimum atomic E-state index is -2.42. The van der Waals surface area contributed by atoms with E-state index >= 15 is 0 Å². The molecule has 0 aliphatic heterocycles. The number of fused-ring (bicyclic) bond motifs is 1. The number of H-pyrrole nitrogens is 1. The molecule has 1 heterocycles. The van der Waals surface area contributed by atoms with Crippen LogP contribution in [0, 0.1) is 40.8 Å². The Morgan fingerprint density at radius 3 is 2.03 bits per heavy atom. The molecule has 10 heteroatoms. The topological polar surface area (TPSA) is 59.2 Å². The van der Waals surface area contributed by atoms with Gasteiger partial charge in [-0.05, 0) is 42.2 Å². The van der Waals surface area contributed by atoms with E-state index in [1.54, 1.807) is 6.07 Å². The molecule has 31 heavy (non-hydrogen) atoms. The third kappa shape index (κ3) is 2.63. The lowest BCUT2D eigenvalue weighted by molar-refractivity contribution is -0.0298. The Hall–Kier alpha value is -3.30. The molecular weight excluding hydrogens is 428 g/mol. The van der Waals surface area contributed by atoms with Gasteiger partial charge in [-0.15, -0.1) is 0 Å². The average Bonchev–Trinajstić information content (AvgIpc) is 2.67. The van der Waals surface area contributed by atoms with Crippen LogP contribution in [0.3, 0.4) is 0 Å².